The predicted molar refractivity (Wildman–Crippen MR) is 89.4 cm³/mol. The lowest BCUT2D eigenvalue weighted by Crippen LogP contribution is -2.16. The van der Waals surface area contributed by atoms with Gasteiger partial charge in [-0.05, 0) is 42.5 Å². The second-order valence-corrected chi connectivity index (χ2v) is 6.02. The van der Waals surface area contributed by atoms with Gasteiger partial charge in [-0.15, -0.1) is 0 Å². The first-order chi connectivity index (χ1) is 10.6. The van der Waals surface area contributed by atoms with Crippen molar-refractivity contribution in [1.29, 1.82) is 0 Å². The molecule has 3 rings (SSSR count). The second-order valence-electron chi connectivity index (χ2n) is 6.02. The van der Waals surface area contributed by atoms with E-state index in [1.54, 1.807) is 6.07 Å². The third kappa shape index (κ3) is 3.45. The summed E-state index contributed by atoms with van der Waals surface area (Å²) in [6, 6.07) is 13.9. The molecule has 0 bridgehead atoms. The molecule has 0 saturated heterocycles. The zero-order valence-corrected chi connectivity index (χ0v) is 13.0. The van der Waals surface area contributed by atoms with E-state index < -0.39 is 0 Å². The van der Waals surface area contributed by atoms with E-state index in [4.69, 9.17) is 0 Å². The predicted octanol–water partition coefficient (Wildman–Crippen LogP) is 4.03. The molecule has 1 saturated carbocycles. The van der Waals surface area contributed by atoms with Gasteiger partial charge in [0.1, 0.15) is 11.5 Å². The summed E-state index contributed by atoms with van der Waals surface area (Å²) in [5.41, 5.74) is 2.41. The lowest BCUT2D eigenvalue weighted by Gasteiger charge is -2.13. The summed E-state index contributed by atoms with van der Waals surface area (Å²) in [7, 11) is 0. The minimum Gasteiger partial charge on any atom is -0.367 e. The van der Waals surface area contributed by atoms with Gasteiger partial charge in [-0.1, -0.05) is 38.1 Å². The van der Waals surface area contributed by atoms with Crippen molar-refractivity contribution in [3.8, 4) is 0 Å². The Balaban J connectivity index is 1.76. The number of aromatic nitrogens is 1. The fraction of sp³-hybridized carbons (Fsp3) is 0.333. The maximum atomic E-state index is 12.4. The molecule has 0 spiro atoms. The van der Waals surface area contributed by atoms with Crippen LogP contribution in [0, 0.1) is 0 Å². The molecule has 0 aliphatic heterocycles. The highest BCUT2D eigenvalue weighted by Gasteiger charge is 2.21. The van der Waals surface area contributed by atoms with Crippen molar-refractivity contribution >= 4 is 17.4 Å². The summed E-state index contributed by atoms with van der Waals surface area (Å²) in [4.78, 5) is 16.8. The number of benzene rings is 1. The molecule has 0 atom stereocenters. The number of hydrogen-bond donors (Lipinski definition) is 2. The van der Waals surface area contributed by atoms with E-state index in [1.165, 1.54) is 12.8 Å². The maximum absolute atomic E-state index is 12.4. The molecule has 4 nitrogen and oxygen atoms in total. The van der Waals surface area contributed by atoms with Crippen LogP contribution in [0.1, 0.15) is 48.7 Å². The Morgan fingerprint density at radius 1 is 1.14 bits per heavy atom. The molecule has 4 heteroatoms. The minimum atomic E-state index is -0.174. The zero-order chi connectivity index (χ0) is 15.5. The van der Waals surface area contributed by atoms with Crippen LogP contribution in [-0.4, -0.2) is 16.9 Å². The molecule has 2 N–H and O–H groups in total. The first-order valence-electron chi connectivity index (χ1n) is 7.77. The van der Waals surface area contributed by atoms with Crippen molar-refractivity contribution in [3.05, 3.63) is 53.7 Å². The number of anilines is 2. The van der Waals surface area contributed by atoms with E-state index in [1.807, 2.05) is 36.4 Å². The number of nitrogens with one attached hydrogen (secondary N) is 2. The molecule has 114 valence electrons. The molecular weight excluding hydrogens is 274 g/mol. The molecule has 1 aliphatic rings. The van der Waals surface area contributed by atoms with Gasteiger partial charge in [-0.25, -0.2) is 4.98 Å². The van der Waals surface area contributed by atoms with Crippen molar-refractivity contribution in [2.75, 3.05) is 10.6 Å². The van der Waals surface area contributed by atoms with E-state index in [0.29, 0.717) is 17.7 Å². The van der Waals surface area contributed by atoms with Gasteiger partial charge in [0, 0.05) is 11.7 Å². The van der Waals surface area contributed by atoms with Gasteiger partial charge in [0.15, 0.2) is 0 Å². The Hall–Kier alpha value is -2.36. The fourth-order valence-corrected chi connectivity index (χ4v) is 2.38. The van der Waals surface area contributed by atoms with Gasteiger partial charge in [0.05, 0.1) is 0 Å². The lowest BCUT2D eigenvalue weighted by molar-refractivity contribution is 0.102. The van der Waals surface area contributed by atoms with E-state index in [-0.39, 0.29) is 5.91 Å². The zero-order valence-electron chi connectivity index (χ0n) is 13.0. The van der Waals surface area contributed by atoms with Crippen molar-refractivity contribution in [2.45, 2.75) is 38.6 Å². The summed E-state index contributed by atoms with van der Waals surface area (Å²) < 4.78 is 0. The first-order valence-corrected chi connectivity index (χ1v) is 7.77. The van der Waals surface area contributed by atoms with Crippen LogP contribution in [0.5, 0.6) is 0 Å². The van der Waals surface area contributed by atoms with Gasteiger partial charge in [0.2, 0.25) is 0 Å². The van der Waals surface area contributed by atoms with Crippen LogP contribution in [0.4, 0.5) is 11.5 Å². The Morgan fingerprint density at radius 2 is 1.91 bits per heavy atom. The van der Waals surface area contributed by atoms with Crippen molar-refractivity contribution in [3.63, 3.8) is 0 Å². The number of para-hydroxylation sites is 1. The van der Waals surface area contributed by atoms with Crippen LogP contribution >= 0.6 is 0 Å². The fourth-order valence-electron chi connectivity index (χ4n) is 2.38. The molecule has 0 unspecified atom stereocenters. The van der Waals surface area contributed by atoms with Crippen LogP contribution in [0.2, 0.25) is 0 Å². The second kappa shape index (κ2) is 6.18. The average molecular weight is 295 g/mol. The van der Waals surface area contributed by atoms with E-state index in [9.17, 15) is 4.79 Å². The summed E-state index contributed by atoms with van der Waals surface area (Å²) in [6.07, 6.45) is 2.36. The minimum absolute atomic E-state index is 0.174. The van der Waals surface area contributed by atoms with Crippen molar-refractivity contribution in [1.82, 2.24) is 4.98 Å². The Bertz CT molecular complexity index is 678. The number of nitrogens with zero attached hydrogens (tertiary/aromatic N) is 1. The molecule has 0 radical (unpaired) electrons. The third-order valence-electron chi connectivity index (χ3n) is 3.74. The van der Waals surface area contributed by atoms with Crippen LogP contribution in [0.25, 0.3) is 0 Å². The Labute approximate surface area is 131 Å². The van der Waals surface area contributed by atoms with Crippen molar-refractivity contribution < 1.29 is 4.79 Å². The Kier molecular flexibility index (Phi) is 4.09. The molecule has 22 heavy (non-hydrogen) atoms. The van der Waals surface area contributed by atoms with E-state index in [2.05, 4.69) is 29.5 Å². The van der Waals surface area contributed by atoms with Crippen LogP contribution in [0.15, 0.2) is 42.5 Å². The summed E-state index contributed by atoms with van der Waals surface area (Å²) in [5.74, 6) is 0.951. The normalized spacial score (nSPS) is 14.0. The third-order valence-corrected chi connectivity index (χ3v) is 3.74. The molecule has 1 fully saturated rings. The van der Waals surface area contributed by atoms with Crippen LogP contribution in [-0.2, 0) is 0 Å². The lowest BCUT2D eigenvalue weighted by atomic mass is 10.0. The van der Waals surface area contributed by atoms with E-state index >= 15 is 0 Å². The SMILES string of the molecule is CC(C)c1ccccc1NC(=O)c1cccc(NC2CC2)n1. The smallest absolute Gasteiger partial charge is 0.274 e. The highest BCUT2D eigenvalue weighted by molar-refractivity contribution is 6.03. The summed E-state index contributed by atoms with van der Waals surface area (Å²) in [5, 5.41) is 6.29. The monoisotopic (exact) mass is 295 g/mol. The molecule has 1 aliphatic carbocycles. The van der Waals surface area contributed by atoms with E-state index in [0.717, 1.165) is 17.1 Å². The van der Waals surface area contributed by atoms with Crippen molar-refractivity contribution in [2.24, 2.45) is 0 Å². The van der Waals surface area contributed by atoms with Gasteiger partial charge < -0.3 is 10.6 Å². The van der Waals surface area contributed by atoms with Gasteiger partial charge >= 0.3 is 0 Å². The average Bonchev–Trinajstić information content (AvgIpc) is 3.32. The standard InChI is InChI=1S/C18H21N3O/c1-12(2)14-6-3-4-7-15(14)21-18(22)16-8-5-9-17(20-16)19-13-10-11-13/h3-9,12-13H,10-11H2,1-2H3,(H,19,20)(H,21,22). The quantitative estimate of drug-likeness (QED) is 0.875. The van der Waals surface area contributed by atoms with Crippen LogP contribution in [0.3, 0.4) is 0 Å². The largest absolute Gasteiger partial charge is 0.367 e. The number of carbonyl (C=O) groups is 1. The van der Waals surface area contributed by atoms with Gasteiger partial charge in [0.25, 0.3) is 5.91 Å². The highest BCUT2D eigenvalue weighted by atomic mass is 16.1. The molecule has 2 aromatic rings. The first kappa shape index (κ1) is 14.6. The number of hydrogen-bond acceptors (Lipinski definition) is 3. The number of amides is 1. The van der Waals surface area contributed by atoms with Crippen LogP contribution < -0.4 is 10.6 Å². The highest BCUT2D eigenvalue weighted by Crippen LogP contribution is 2.25. The molecule has 1 amide bonds. The topological polar surface area (TPSA) is 54.0 Å². The Morgan fingerprint density at radius 3 is 2.64 bits per heavy atom. The molecule has 1 aromatic heterocycles. The number of carbonyl (C=O) groups excluding carboxylic acids is 1. The number of pyridine rings is 1. The summed E-state index contributed by atoms with van der Waals surface area (Å²) >= 11 is 0. The molecule has 1 heterocycles. The summed E-state index contributed by atoms with van der Waals surface area (Å²) in [6.45, 7) is 4.23. The molecule has 1 aromatic carbocycles. The van der Waals surface area contributed by atoms with Gasteiger partial charge in [-0.3, -0.25) is 4.79 Å². The maximum Gasteiger partial charge on any atom is 0.274 e. The van der Waals surface area contributed by atoms with Gasteiger partial charge in [-0.2, -0.15) is 0 Å². The molecular formula is C18H21N3O. The number of rotatable bonds is 5.